The van der Waals surface area contributed by atoms with E-state index in [2.05, 4.69) is 25.6 Å². The second kappa shape index (κ2) is 5.44. The van der Waals surface area contributed by atoms with Crippen molar-refractivity contribution in [2.24, 2.45) is 0 Å². The van der Waals surface area contributed by atoms with Crippen molar-refractivity contribution in [3.63, 3.8) is 0 Å². The number of nitrogens with one attached hydrogen (secondary N) is 1. The summed E-state index contributed by atoms with van der Waals surface area (Å²) in [5.41, 5.74) is 0.0833. The minimum atomic E-state index is -3.92. The lowest BCUT2D eigenvalue weighted by Gasteiger charge is -2.10. The lowest BCUT2D eigenvalue weighted by Crippen LogP contribution is -2.14. The minimum absolute atomic E-state index is 0.0371. The molecule has 1 heterocycles. The minimum Gasteiger partial charge on any atom is -0.278 e. The van der Waals surface area contributed by atoms with Gasteiger partial charge in [-0.15, -0.1) is 0 Å². The zero-order valence-electron chi connectivity index (χ0n) is 9.27. The van der Waals surface area contributed by atoms with E-state index in [4.69, 9.17) is 11.6 Å². The van der Waals surface area contributed by atoms with Crippen molar-refractivity contribution in [2.75, 3.05) is 4.72 Å². The highest BCUT2D eigenvalue weighted by atomic mass is 79.9. The predicted octanol–water partition coefficient (Wildman–Crippen LogP) is 3.44. The molecule has 0 bridgehead atoms. The molecule has 100 valence electrons. The van der Waals surface area contributed by atoms with Crippen molar-refractivity contribution >= 4 is 43.2 Å². The number of halogens is 3. The van der Waals surface area contributed by atoms with Crippen LogP contribution in [0, 0.1) is 5.82 Å². The summed E-state index contributed by atoms with van der Waals surface area (Å²) >= 11 is 8.93. The number of rotatable bonds is 3. The van der Waals surface area contributed by atoms with Crippen LogP contribution in [-0.2, 0) is 10.0 Å². The molecule has 1 N–H and O–H groups in total. The van der Waals surface area contributed by atoms with Gasteiger partial charge in [-0.25, -0.2) is 12.8 Å². The van der Waals surface area contributed by atoms with Gasteiger partial charge in [0.05, 0.1) is 10.7 Å². The van der Waals surface area contributed by atoms with Gasteiger partial charge >= 0.3 is 0 Å². The van der Waals surface area contributed by atoms with E-state index in [1.54, 1.807) is 0 Å². The highest BCUT2D eigenvalue weighted by Gasteiger charge is 2.19. The maximum absolute atomic E-state index is 13.1. The first kappa shape index (κ1) is 14.2. The van der Waals surface area contributed by atoms with Gasteiger partial charge in [0.15, 0.2) is 0 Å². The largest absolute Gasteiger partial charge is 0.278 e. The van der Waals surface area contributed by atoms with Gasteiger partial charge in [-0.1, -0.05) is 11.6 Å². The van der Waals surface area contributed by atoms with E-state index >= 15 is 0 Å². The van der Waals surface area contributed by atoms with Crippen LogP contribution < -0.4 is 4.72 Å². The van der Waals surface area contributed by atoms with Gasteiger partial charge in [-0.3, -0.25) is 9.71 Å². The van der Waals surface area contributed by atoms with Crippen LogP contribution in [0.3, 0.4) is 0 Å². The second-order valence-electron chi connectivity index (χ2n) is 3.54. The molecule has 0 aliphatic rings. The fourth-order valence-corrected chi connectivity index (χ4v) is 3.32. The molecule has 0 spiro atoms. The van der Waals surface area contributed by atoms with E-state index in [0.717, 1.165) is 12.3 Å². The van der Waals surface area contributed by atoms with E-state index in [1.165, 1.54) is 24.4 Å². The van der Waals surface area contributed by atoms with Crippen molar-refractivity contribution in [3.8, 4) is 0 Å². The lowest BCUT2D eigenvalue weighted by molar-refractivity contribution is 0.600. The molecule has 0 radical (unpaired) electrons. The van der Waals surface area contributed by atoms with Crippen LogP contribution >= 0.6 is 27.5 Å². The summed E-state index contributed by atoms with van der Waals surface area (Å²) in [5.74, 6) is -0.557. The van der Waals surface area contributed by atoms with Crippen LogP contribution in [0.4, 0.5) is 10.1 Å². The molecule has 0 saturated heterocycles. The molecule has 0 atom stereocenters. The molecule has 19 heavy (non-hydrogen) atoms. The van der Waals surface area contributed by atoms with Crippen molar-refractivity contribution in [1.29, 1.82) is 0 Å². The predicted molar refractivity (Wildman–Crippen MR) is 74.2 cm³/mol. The zero-order valence-corrected chi connectivity index (χ0v) is 12.4. The van der Waals surface area contributed by atoms with Crippen LogP contribution in [0.15, 0.2) is 46.0 Å². The number of sulfonamides is 1. The molecule has 2 rings (SSSR count). The summed E-state index contributed by atoms with van der Waals surface area (Å²) in [6.45, 7) is 0. The molecule has 8 heteroatoms. The number of hydrogen-bond donors (Lipinski definition) is 1. The molecule has 1 aromatic heterocycles. The summed E-state index contributed by atoms with van der Waals surface area (Å²) in [4.78, 5) is 3.53. The van der Waals surface area contributed by atoms with Crippen molar-refractivity contribution in [1.82, 2.24) is 4.98 Å². The second-order valence-corrected chi connectivity index (χ2v) is 6.45. The van der Waals surface area contributed by atoms with Crippen LogP contribution in [-0.4, -0.2) is 13.4 Å². The first-order valence-electron chi connectivity index (χ1n) is 4.97. The summed E-state index contributed by atoms with van der Waals surface area (Å²) in [5, 5.41) is 0.0371. The van der Waals surface area contributed by atoms with Crippen molar-refractivity contribution in [3.05, 3.63) is 52.0 Å². The Labute approximate surface area is 122 Å². The van der Waals surface area contributed by atoms with Crippen LogP contribution in [0.5, 0.6) is 0 Å². The molecule has 0 saturated carbocycles. The summed E-state index contributed by atoms with van der Waals surface area (Å²) in [6.07, 6.45) is 2.50. The van der Waals surface area contributed by atoms with Crippen LogP contribution in [0.2, 0.25) is 5.02 Å². The third kappa shape index (κ3) is 3.23. The third-order valence-corrected chi connectivity index (χ3v) is 4.72. The maximum atomic E-state index is 13.1. The average Bonchev–Trinajstić information content (AvgIpc) is 2.34. The third-order valence-electron chi connectivity index (χ3n) is 2.20. The topological polar surface area (TPSA) is 59.1 Å². The van der Waals surface area contributed by atoms with E-state index < -0.39 is 15.8 Å². The van der Waals surface area contributed by atoms with Gasteiger partial charge in [-0.05, 0) is 40.2 Å². The summed E-state index contributed by atoms with van der Waals surface area (Å²) in [6, 6.07) is 5.03. The Balaban J connectivity index is 2.43. The Morgan fingerprint density at radius 2 is 2.05 bits per heavy atom. The lowest BCUT2D eigenvalue weighted by atomic mass is 10.3. The van der Waals surface area contributed by atoms with E-state index in [1.807, 2.05) is 0 Å². The SMILES string of the molecule is O=S(=O)(Nc1cc(F)ccc1Br)c1cnccc1Cl. The Morgan fingerprint density at radius 1 is 1.32 bits per heavy atom. The summed E-state index contributed by atoms with van der Waals surface area (Å²) < 4.78 is 40.0. The van der Waals surface area contributed by atoms with Crippen LogP contribution in [0.25, 0.3) is 0 Å². The number of pyridine rings is 1. The standard InChI is InChI=1S/C11H7BrClFN2O2S/c12-8-2-1-7(14)5-10(8)16-19(17,18)11-6-15-4-3-9(11)13/h1-6,16H. The zero-order chi connectivity index (χ0) is 14.0. The van der Waals surface area contributed by atoms with Gasteiger partial charge in [0, 0.05) is 16.9 Å². The molecule has 0 amide bonds. The maximum Gasteiger partial charge on any atom is 0.264 e. The first-order valence-corrected chi connectivity index (χ1v) is 7.63. The molecular weight excluding hydrogens is 359 g/mol. The smallest absolute Gasteiger partial charge is 0.264 e. The number of hydrogen-bond acceptors (Lipinski definition) is 3. The number of benzene rings is 1. The number of anilines is 1. The van der Waals surface area contributed by atoms with E-state index in [0.29, 0.717) is 4.47 Å². The van der Waals surface area contributed by atoms with E-state index in [9.17, 15) is 12.8 Å². The molecule has 2 aromatic rings. The molecular formula is C11H7BrClFN2O2S. The molecule has 0 fully saturated rings. The monoisotopic (exact) mass is 364 g/mol. The highest BCUT2D eigenvalue weighted by Crippen LogP contribution is 2.27. The van der Waals surface area contributed by atoms with E-state index in [-0.39, 0.29) is 15.6 Å². The van der Waals surface area contributed by atoms with Gasteiger partial charge < -0.3 is 0 Å². The van der Waals surface area contributed by atoms with Gasteiger partial charge in [0.1, 0.15) is 10.7 Å². The van der Waals surface area contributed by atoms with Crippen molar-refractivity contribution in [2.45, 2.75) is 4.90 Å². The molecule has 0 aliphatic heterocycles. The Bertz CT molecular complexity index is 724. The fraction of sp³-hybridized carbons (Fsp3) is 0. The van der Waals surface area contributed by atoms with Gasteiger partial charge in [0.2, 0.25) is 0 Å². The van der Waals surface area contributed by atoms with Gasteiger partial charge in [0.25, 0.3) is 10.0 Å². The van der Waals surface area contributed by atoms with Crippen molar-refractivity contribution < 1.29 is 12.8 Å². The normalized spacial score (nSPS) is 11.3. The number of nitrogens with zero attached hydrogens (tertiary/aromatic N) is 1. The average molecular weight is 366 g/mol. The first-order chi connectivity index (χ1) is 8.90. The fourth-order valence-electron chi connectivity index (χ4n) is 1.34. The molecule has 4 nitrogen and oxygen atoms in total. The number of aromatic nitrogens is 1. The Hall–Kier alpha value is -1.18. The van der Waals surface area contributed by atoms with Crippen LogP contribution in [0.1, 0.15) is 0 Å². The van der Waals surface area contributed by atoms with Gasteiger partial charge in [-0.2, -0.15) is 0 Å². The highest BCUT2D eigenvalue weighted by molar-refractivity contribution is 9.10. The Morgan fingerprint density at radius 3 is 2.74 bits per heavy atom. The molecule has 0 unspecified atom stereocenters. The molecule has 1 aromatic carbocycles. The molecule has 0 aliphatic carbocycles. The summed E-state index contributed by atoms with van der Waals surface area (Å²) in [7, 11) is -3.92. The Kier molecular flexibility index (Phi) is 4.07. The quantitative estimate of drug-likeness (QED) is 0.906.